The molecule has 3 aliphatic rings. The molecule has 21 heavy (non-hydrogen) atoms. The molecule has 1 aromatic rings. The number of hydrogen-bond acceptors (Lipinski definition) is 2. The minimum atomic E-state index is 0.130. The molecule has 2 aliphatic carbocycles. The lowest BCUT2D eigenvalue weighted by atomic mass is 9.76. The van der Waals surface area contributed by atoms with Gasteiger partial charge in [0.15, 0.2) is 0 Å². The summed E-state index contributed by atoms with van der Waals surface area (Å²) in [5.41, 5.74) is 2.63. The normalized spacial score (nSPS) is 27.6. The van der Waals surface area contributed by atoms with Crippen LogP contribution in [-0.4, -0.2) is 36.0 Å². The zero-order chi connectivity index (χ0) is 14.2. The van der Waals surface area contributed by atoms with Crippen molar-refractivity contribution in [3.63, 3.8) is 0 Å². The van der Waals surface area contributed by atoms with Gasteiger partial charge in [-0.2, -0.15) is 0 Å². The van der Waals surface area contributed by atoms with Crippen molar-refractivity contribution in [2.24, 2.45) is 0 Å². The van der Waals surface area contributed by atoms with Gasteiger partial charge < -0.3 is 10.2 Å². The largest absolute Gasteiger partial charge is 0.338 e. The average Bonchev–Trinajstić information content (AvgIpc) is 3.31. The number of rotatable bonds is 4. The van der Waals surface area contributed by atoms with Gasteiger partial charge in [-0.25, -0.2) is 0 Å². The van der Waals surface area contributed by atoms with Gasteiger partial charge in [-0.05, 0) is 49.8 Å². The molecule has 1 N–H and O–H groups in total. The Hall–Kier alpha value is -1.35. The van der Waals surface area contributed by atoms with Crippen molar-refractivity contribution in [3.8, 4) is 0 Å². The highest BCUT2D eigenvalue weighted by atomic mass is 16.2. The number of carbonyl (C=O) groups excluding carboxylic acids is 1. The molecule has 1 saturated carbocycles. The Labute approximate surface area is 126 Å². The van der Waals surface area contributed by atoms with Crippen LogP contribution in [0, 0.1) is 0 Å². The number of amides is 1. The van der Waals surface area contributed by atoms with Crippen molar-refractivity contribution in [1.82, 2.24) is 10.2 Å². The second-order valence-electron chi connectivity index (χ2n) is 6.82. The maximum atomic E-state index is 12.9. The van der Waals surface area contributed by atoms with Gasteiger partial charge >= 0.3 is 0 Å². The molecule has 1 aromatic carbocycles. The van der Waals surface area contributed by atoms with E-state index in [4.69, 9.17) is 0 Å². The fourth-order valence-corrected chi connectivity index (χ4v) is 3.80. The van der Waals surface area contributed by atoms with Gasteiger partial charge in [0.1, 0.15) is 0 Å². The van der Waals surface area contributed by atoms with E-state index in [2.05, 4.69) is 34.5 Å². The van der Waals surface area contributed by atoms with Gasteiger partial charge in [-0.15, -0.1) is 0 Å². The van der Waals surface area contributed by atoms with Gasteiger partial charge in [-0.1, -0.05) is 30.7 Å². The van der Waals surface area contributed by atoms with Gasteiger partial charge in [0.25, 0.3) is 0 Å². The Morgan fingerprint density at radius 1 is 1.19 bits per heavy atom. The van der Waals surface area contributed by atoms with Crippen LogP contribution < -0.4 is 5.32 Å². The van der Waals surface area contributed by atoms with E-state index < -0.39 is 0 Å². The lowest BCUT2D eigenvalue weighted by Gasteiger charge is -2.36. The molecule has 3 heteroatoms. The number of nitrogens with one attached hydrogen (secondary N) is 1. The van der Waals surface area contributed by atoms with Crippen LogP contribution in [0.25, 0.3) is 0 Å². The molecule has 0 aromatic heterocycles. The smallest absolute Gasteiger partial charge is 0.230 e. The van der Waals surface area contributed by atoms with E-state index >= 15 is 0 Å². The molecule has 4 rings (SSSR count). The highest BCUT2D eigenvalue weighted by Crippen LogP contribution is 2.39. The molecule has 3 nitrogen and oxygen atoms in total. The average molecular weight is 284 g/mol. The molecule has 0 radical (unpaired) electrons. The highest BCUT2D eigenvalue weighted by molar-refractivity contribution is 5.87. The predicted molar refractivity (Wildman–Crippen MR) is 83.3 cm³/mol. The Balaban J connectivity index is 1.46. The second-order valence-corrected chi connectivity index (χ2v) is 6.82. The fourth-order valence-electron chi connectivity index (χ4n) is 3.80. The third-order valence-corrected chi connectivity index (χ3v) is 5.25. The molecule has 0 bridgehead atoms. The molecule has 1 heterocycles. The first-order valence-electron chi connectivity index (χ1n) is 8.44. The standard InChI is InChI=1S/C18H24N2O/c21-18(17-11-13-5-1-2-7-16(13)17)20(15-8-9-15)12-14-6-3-4-10-19-14/h1-2,5,7,14-15,17,19H,3-4,6,8-12H2. The van der Waals surface area contributed by atoms with E-state index in [1.807, 2.05) is 0 Å². The summed E-state index contributed by atoms with van der Waals surface area (Å²) in [4.78, 5) is 15.1. The summed E-state index contributed by atoms with van der Waals surface area (Å²) >= 11 is 0. The molecular formula is C18H24N2O. The maximum absolute atomic E-state index is 12.9. The van der Waals surface area contributed by atoms with Crippen LogP contribution in [0.1, 0.15) is 49.1 Å². The first-order valence-corrected chi connectivity index (χ1v) is 8.44. The molecule has 112 valence electrons. The van der Waals surface area contributed by atoms with Gasteiger partial charge in [-0.3, -0.25) is 4.79 Å². The van der Waals surface area contributed by atoms with E-state index in [1.54, 1.807) is 0 Å². The number of nitrogens with zero attached hydrogens (tertiary/aromatic N) is 1. The lowest BCUT2D eigenvalue weighted by Crippen LogP contribution is -2.49. The SMILES string of the molecule is O=C(C1Cc2ccccc21)N(CC1CCCCN1)C1CC1. The summed E-state index contributed by atoms with van der Waals surface area (Å²) < 4.78 is 0. The monoisotopic (exact) mass is 284 g/mol. The zero-order valence-corrected chi connectivity index (χ0v) is 12.6. The Morgan fingerprint density at radius 3 is 2.76 bits per heavy atom. The van der Waals surface area contributed by atoms with E-state index in [-0.39, 0.29) is 5.92 Å². The van der Waals surface area contributed by atoms with Gasteiger partial charge in [0.2, 0.25) is 5.91 Å². The van der Waals surface area contributed by atoms with Gasteiger partial charge in [0, 0.05) is 18.6 Å². The number of carbonyl (C=O) groups is 1. The molecule has 2 atom stereocenters. The first-order chi connectivity index (χ1) is 10.3. The summed E-state index contributed by atoms with van der Waals surface area (Å²) in [6.07, 6.45) is 7.15. The van der Waals surface area contributed by atoms with Crippen LogP contribution in [-0.2, 0) is 11.2 Å². The minimum absolute atomic E-state index is 0.130. The minimum Gasteiger partial charge on any atom is -0.338 e. The molecule has 2 fully saturated rings. The summed E-state index contributed by atoms with van der Waals surface area (Å²) in [7, 11) is 0. The number of benzene rings is 1. The van der Waals surface area contributed by atoms with Crippen LogP contribution in [0.4, 0.5) is 0 Å². The third-order valence-electron chi connectivity index (χ3n) is 5.25. The molecule has 0 spiro atoms. The lowest BCUT2D eigenvalue weighted by molar-refractivity contribution is -0.134. The van der Waals surface area contributed by atoms with Gasteiger partial charge in [0.05, 0.1) is 5.92 Å². The quantitative estimate of drug-likeness (QED) is 0.921. The molecular weight excluding hydrogens is 260 g/mol. The van der Waals surface area contributed by atoms with E-state index in [1.165, 1.54) is 43.2 Å². The maximum Gasteiger partial charge on any atom is 0.230 e. The fraction of sp³-hybridized carbons (Fsp3) is 0.611. The topological polar surface area (TPSA) is 32.3 Å². The van der Waals surface area contributed by atoms with Crippen molar-refractivity contribution >= 4 is 5.91 Å². The Kier molecular flexibility index (Phi) is 3.46. The Morgan fingerprint density at radius 2 is 2.05 bits per heavy atom. The summed E-state index contributed by atoms with van der Waals surface area (Å²) in [6.45, 7) is 2.03. The van der Waals surface area contributed by atoms with Crippen molar-refractivity contribution in [2.45, 2.75) is 56.5 Å². The summed E-state index contributed by atoms with van der Waals surface area (Å²) in [5, 5.41) is 3.59. The van der Waals surface area contributed by atoms with E-state index in [0.717, 1.165) is 19.5 Å². The number of hydrogen-bond donors (Lipinski definition) is 1. The highest BCUT2D eigenvalue weighted by Gasteiger charge is 2.41. The summed E-state index contributed by atoms with van der Waals surface area (Å²) in [5.74, 6) is 0.508. The van der Waals surface area contributed by atoms with E-state index in [9.17, 15) is 4.79 Å². The molecule has 1 amide bonds. The van der Waals surface area contributed by atoms with Crippen LogP contribution in [0.2, 0.25) is 0 Å². The van der Waals surface area contributed by atoms with Crippen molar-refractivity contribution in [2.75, 3.05) is 13.1 Å². The molecule has 1 aliphatic heterocycles. The van der Waals surface area contributed by atoms with Crippen molar-refractivity contribution in [3.05, 3.63) is 35.4 Å². The van der Waals surface area contributed by atoms with Crippen LogP contribution in [0.5, 0.6) is 0 Å². The zero-order valence-electron chi connectivity index (χ0n) is 12.6. The third kappa shape index (κ3) is 2.59. The first kappa shape index (κ1) is 13.3. The van der Waals surface area contributed by atoms with Crippen LogP contribution in [0.15, 0.2) is 24.3 Å². The van der Waals surface area contributed by atoms with Crippen molar-refractivity contribution in [1.29, 1.82) is 0 Å². The summed E-state index contributed by atoms with van der Waals surface area (Å²) in [6, 6.07) is 9.45. The van der Waals surface area contributed by atoms with E-state index in [0.29, 0.717) is 18.0 Å². The van der Waals surface area contributed by atoms with Crippen molar-refractivity contribution < 1.29 is 4.79 Å². The predicted octanol–water partition coefficient (Wildman–Crippen LogP) is 2.46. The second kappa shape index (κ2) is 5.45. The molecule has 2 unspecified atom stereocenters. The number of piperidine rings is 1. The number of fused-ring (bicyclic) bond motifs is 1. The molecule has 1 saturated heterocycles. The van der Waals surface area contributed by atoms with Crippen LogP contribution >= 0.6 is 0 Å². The Bertz CT molecular complexity index is 532. The van der Waals surface area contributed by atoms with Crippen LogP contribution in [0.3, 0.4) is 0 Å².